The number of benzene rings is 3. The van der Waals surface area contributed by atoms with Crippen LogP contribution in [0.15, 0.2) is 66.9 Å². The Balaban J connectivity index is 1.26. The lowest BCUT2D eigenvalue weighted by atomic mass is 10.0. The van der Waals surface area contributed by atoms with Crippen molar-refractivity contribution in [3.63, 3.8) is 0 Å². The molecule has 1 fully saturated rings. The van der Waals surface area contributed by atoms with Crippen molar-refractivity contribution in [3.8, 4) is 6.07 Å². The summed E-state index contributed by atoms with van der Waals surface area (Å²) in [7, 11) is 2.09. The van der Waals surface area contributed by atoms with Crippen molar-refractivity contribution in [2.24, 2.45) is 0 Å². The van der Waals surface area contributed by atoms with Crippen LogP contribution in [0.5, 0.6) is 0 Å². The molecule has 0 spiro atoms. The molecule has 2 heterocycles. The van der Waals surface area contributed by atoms with Crippen molar-refractivity contribution in [2.75, 3.05) is 45.1 Å². The van der Waals surface area contributed by atoms with Crippen molar-refractivity contribution < 1.29 is 4.79 Å². The van der Waals surface area contributed by atoms with Crippen molar-refractivity contribution in [2.45, 2.75) is 6.42 Å². The number of fused-ring (bicyclic) bond motifs is 2. The number of rotatable bonds is 5. The van der Waals surface area contributed by atoms with E-state index in [-0.39, 0.29) is 5.91 Å². The van der Waals surface area contributed by atoms with E-state index < -0.39 is 0 Å². The van der Waals surface area contributed by atoms with E-state index in [1.54, 1.807) is 12.3 Å². The Kier molecular flexibility index (Phi) is 6.11. The summed E-state index contributed by atoms with van der Waals surface area (Å²) < 4.78 is 0. The second-order valence-electron chi connectivity index (χ2n) is 8.87. The Bertz CT molecular complexity index is 1400. The predicted molar refractivity (Wildman–Crippen MR) is 136 cm³/mol. The minimum atomic E-state index is 0.118. The molecular formula is C28H27N5O. The molecule has 0 unspecified atom stereocenters. The van der Waals surface area contributed by atoms with Crippen LogP contribution in [-0.2, 0) is 6.42 Å². The fraction of sp³-hybridized carbons (Fsp3) is 0.250. The smallest absolute Gasteiger partial charge is 0.253 e. The van der Waals surface area contributed by atoms with Crippen LogP contribution in [0.25, 0.3) is 21.7 Å². The molecule has 5 rings (SSSR count). The zero-order valence-corrected chi connectivity index (χ0v) is 19.3. The number of nitrogens with zero attached hydrogens (tertiary/aromatic N) is 4. The lowest BCUT2D eigenvalue weighted by molar-refractivity contribution is 0.0664. The van der Waals surface area contributed by atoms with Gasteiger partial charge in [-0.3, -0.25) is 9.78 Å². The Morgan fingerprint density at radius 1 is 1.00 bits per heavy atom. The molecule has 170 valence electrons. The largest absolute Gasteiger partial charge is 0.384 e. The number of carbonyl (C=O) groups is 1. The van der Waals surface area contributed by atoms with E-state index in [1.807, 2.05) is 35.2 Å². The first kappa shape index (κ1) is 21.9. The molecule has 1 saturated heterocycles. The van der Waals surface area contributed by atoms with E-state index in [2.05, 4.69) is 52.6 Å². The highest BCUT2D eigenvalue weighted by atomic mass is 16.2. The highest BCUT2D eigenvalue weighted by Crippen LogP contribution is 2.23. The lowest BCUT2D eigenvalue weighted by Gasteiger charge is -2.32. The van der Waals surface area contributed by atoms with Gasteiger partial charge in [0.2, 0.25) is 0 Å². The number of anilines is 1. The zero-order chi connectivity index (χ0) is 23.5. The average Bonchev–Trinajstić information content (AvgIpc) is 2.88. The lowest BCUT2D eigenvalue weighted by Crippen LogP contribution is -2.47. The van der Waals surface area contributed by atoms with E-state index in [0.717, 1.165) is 72.1 Å². The number of piperazine rings is 1. The summed E-state index contributed by atoms with van der Waals surface area (Å²) in [5.41, 5.74) is 4.47. The number of nitrogens with one attached hydrogen (secondary N) is 1. The van der Waals surface area contributed by atoms with Gasteiger partial charge in [-0.15, -0.1) is 0 Å². The van der Waals surface area contributed by atoms with Crippen LogP contribution in [0.1, 0.15) is 21.5 Å². The number of nitriles is 1. The van der Waals surface area contributed by atoms with E-state index in [1.165, 1.54) is 5.56 Å². The van der Waals surface area contributed by atoms with Crippen LogP contribution < -0.4 is 5.32 Å². The van der Waals surface area contributed by atoms with Crippen LogP contribution >= 0.6 is 0 Å². The van der Waals surface area contributed by atoms with Crippen molar-refractivity contribution in [3.05, 3.63) is 83.6 Å². The number of likely N-dealkylation sites (N-methyl/N-ethyl adjacent to an activating group) is 1. The van der Waals surface area contributed by atoms with Crippen LogP contribution in [0.2, 0.25) is 0 Å². The predicted octanol–water partition coefficient (Wildman–Crippen LogP) is 4.30. The number of amides is 1. The summed E-state index contributed by atoms with van der Waals surface area (Å²) in [4.78, 5) is 21.5. The molecule has 1 aromatic heterocycles. The number of hydrogen-bond donors (Lipinski definition) is 1. The monoisotopic (exact) mass is 449 g/mol. The van der Waals surface area contributed by atoms with E-state index in [4.69, 9.17) is 0 Å². The standard InChI is InChI=1S/C28H27N5O/c1-32-12-14-33(15-13-32)28(34)24-6-5-22-16-20(2-4-23(22)18-24)8-10-30-27-9-11-31-26-7-3-21(19-29)17-25(26)27/h2-7,9,11,16-18H,8,10,12-15H2,1H3,(H,30,31). The first-order valence-electron chi connectivity index (χ1n) is 11.6. The van der Waals surface area contributed by atoms with Crippen LogP contribution in [0, 0.1) is 11.3 Å². The third kappa shape index (κ3) is 4.57. The van der Waals surface area contributed by atoms with Gasteiger partial charge in [-0.25, -0.2) is 0 Å². The van der Waals surface area contributed by atoms with Gasteiger partial charge in [0.05, 0.1) is 17.1 Å². The Morgan fingerprint density at radius 2 is 1.79 bits per heavy atom. The minimum absolute atomic E-state index is 0.118. The summed E-state index contributed by atoms with van der Waals surface area (Å²) in [6.07, 6.45) is 2.65. The molecule has 1 N–H and O–H groups in total. The second-order valence-corrected chi connectivity index (χ2v) is 8.87. The van der Waals surface area contributed by atoms with Gasteiger partial charge in [-0.05, 0) is 66.2 Å². The molecule has 0 radical (unpaired) electrons. The molecule has 0 atom stereocenters. The van der Waals surface area contributed by atoms with E-state index in [0.29, 0.717) is 5.56 Å². The molecule has 6 nitrogen and oxygen atoms in total. The zero-order valence-electron chi connectivity index (χ0n) is 19.3. The molecule has 0 saturated carbocycles. The number of pyridine rings is 1. The Morgan fingerprint density at radius 3 is 2.62 bits per heavy atom. The minimum Gasteiger partial charge on any atom is -0.384 e. The van der Waals surface area contributed by atoms with Crippen LogP contribution in [-0.4, -0.2) is 60.5 Å². The van der Waals surface area contributed by atoms with Gasteiger partial charge in [-0.1, -0.05) is 24.3 Å². The fourth-order valence-electron chi connectivity index (χ4n) is 4.49. The summed E-state index contributed by atoms with van der Waals surface area (Å²) in [6, 6.07) is 22.1. The molecule has 34 heavy (non-hydrogen) atoms. The maximum Gasteiger partial charge on any atom is 0.253 e. The summed E-state index contributed by atoms with van der Waals surface area (Å²) in [5.74, 6) is 0.118. The van der Waals surface area contributed by atoms with E-state index in [9.17, 15) is 10.1 Å². The van der Waals surface area contributed by atoms with Gasteiger partial charge >= 0.3 is 0 Å². The maximum atomic E-state index is 12.9. The summed E-state index contributed by atoms with van der Waals surface area (Å²) in [6.45, 7) is 4.17. The van der Waals surface area contributed by atoms with Gasteiger partial charge in [0.25, 0.3) is 5.91 Å². The molecule has 6 heteroatoms. The van der Waals surface area contributed by atoms with Gasteiger partial charge < -0.3 is 15.1 Å². The third-order valence-corrected chi connectivity index (χ3v) is 6.54. The number of carbonyl (C=O) groups excluding carboxylic acids is 1. The van der Waals surface area contributed by atoms with Crippen molar-refractivity contribution in [1.82, 2.24) is 14.8 Å². The average molecular weight is 450 g/mol. The van der Waals surface area contributed by atoms with Crippen LogP contribution in [0.3, 0.4) is 0 Å². The first-order chi connectivity index (χ1) is 16.6. The quantitative estimate of drug-likeness (QED) is 0.492. The van der Waals surface area contributed by atoms with Gasteiger partial charge in [0.15, 0.2) is 0 Å². The second kappa shape index (κ2) is 9.50. The fourth-order valence-corrected chi connectivity index (χ4v) is 4.49. The van der Waals surface area contributed by atoms with E-state index >= 15 is 0 Å². The molecule has 1 aliphatic rings. The van der Waals surface area contributed by atoms with Gasteiger partial charge in [-0.2, -0.15) is 5.26 Å². The molecule has 0 bridgehead atoms. The van der Waals surface area contributed by atoms with Crippen molar-refractivity contribution in [1.29, 1.82) is 5.26 Å². The topological polar surface area (TPSA) is 72.3 Å². The summed E-state index contributed by atoms with van der Waals surface area (Å²) >= 11 is 0. The highest BCUT2D eigenvalue weighted by molar-refractivity contribution is 5.98. The molecular weight excluding hydrogens is 422 g/mol. The SMILES string of the molecule is CN1CCN(C(=O)c2ccc3cc(CCNc4ccnc5ccc(C#N)cc45)ccc3c2)CC1. The Labute approximate surface area is 199 Å². The van der Waals surface area contributed by atoms with Gasteiger partial charge in [0, 0.05) is 55.6 Å². The molecule has 4 aromatic rings. The maximum absolute atomic E-state index is 12.9. The number of aromatic nitrogens is 1. The normalized spacial score (nSPS) is 14.3. The molecule has 1 aliphatic heterocycles. The van der Waals surface area contributed by atoms with Gasteiger partial charge in [0.1, 0.15) is 0 Å². The molecule has 0 aliphatic carbocycles. The molecule has 3 aromatic carbocycles. The first-order valence-corrected chi connectivity index (χ1v) is 11.6. The summed E-state index contributed by atoms with van der Waals surface area (Å²) in [5, 5.41) is 15.9. The number of hydrogen-bond acceptors (Lipinski definition) is 5. The third-order valence-electron chi connectivity index (χ3n) is 6.54. The van der Waals surface area contributed by atoms with Crippen molar-refractivity contribution >= 4 is 33.3 Å². The van der Waals surface area contributed by atoms with Crippen LogP contribution in [0.4, 0.5) is 5.69 Å². The Hall–Kier alpha value is -3.95. The molecule has 1 amide bonds. The highest BCUT2D eigenvalue weighted by Gasteiger charge is 2.20.